The summed E-state index contributed by atoms with van der Waals surface area (Å²) < 4.78 is 0. The first-order valence-electron chi connectivity index (χ1n) is 6.73. The van der Waals surface area contributed by atoms with E-state index in [9.17, 15) is 0 Å². The van der Waals surface area contributed by atoms with Crippen LogP contribution in [0.3, 0.4) is 0 Å². The third kappa shape index (κ3) is 3.18. The quantitative estimate of drug-likeness (QED) is 0.757. The van der Waals surface area contributed by atoms with Crippen LogP contribution in [-0.4, -0.2) is 30.6 Å². The summed E-state index contributed by atoms with van der Waals surface area (Å²) in [5.74, 6) is 1.89. The molecule has 0 aromatic heterocycles. The molecule has 0 bridgehead atoms. The van der Waals surface area contributed by atoms with Gasteiger partial charge in [0.05, 0.1) is 0 Å². The topological polar surface area (TPSA) is 29.3 Å². The number of hydrogen-bond acceptors (Lipinski definition) is 2. The standard InChI is InChI=1S/C13H26N2/c1-11-5-2-3-6-12(11)9-15-8-4-7-13(14)10-15/h11-13H,2-10,14H2,1H3. The molecule has 1 saturated heterocycles. The fourth-order valence-corrected chi connectivity index (χ4v) is 3.25. The van der Waals surface area contributed by atoms with Crippen LogP contribution >= 0.6 is 0 Å². The Morgan fingerprint density at radius 2 is 1.93 bits per heavy atom. The van der Waals surface area contributed by atoms with Gasteiger partial charge in [-0.2, -0.15) is 0 Å². The van der Waals surface area contributed by atoms with Crippen LogP contribution in [0.1, 0.15) is 45.4 Å². The first-order chi connectivity index (χ1) is 7.25. The van der Waals surface area contributed by atoms with Crippen LogP contribution in [0.2, 0.25) is 0 Å². The lowest BCUT2D eigenvalue weighted by Gasteiger charge is -2.37. The van der Waals surface area contributed by atoms with Gasteiger partial charge in [-0.05, 0) is 37.6 Å². The van der Waals surface area contributed by atoms with Crippen molar-refractivity contribution in [2.75, 3.05) is 19.6 Å². The van der Waals surface area contributed by atoms with Crippen molar-refractivity contribution in [3.63, 3.8) is 0 Å². The third-order valence-corrected chi connectivity index (χ3v) is 4.32. The fourth-order valence-electron chi connectivity index (χ4n) is 3.25. The van der Waals surface area contributed by atoms with Gasteiger partial charge in [0.1, 0.15) is 0 Å². The average molecular weight is 210 g/mol. The summed E-state index contributed by atoms with van der Waals surface area (Å²) >= 11 is 0. The van der Waals surface area contributed by atoms with Crippen molar-refractivity contribution in [3.8, 4) is 0 Å². The molecule has 1 saturated carbocycles. The molecular formula is C13H26N2. The molecular weight excluding hydrogens is 184 g/mol. The Hall–Kier alpha value is -0.0800. The summed E-state index contributed by atoms with van der Waals surface area (Å²) in [6.07, 6.45) is 8.35. The van der Waals surface area contributed by atoms with Crippen molar-refractivity contribution < 1.29 is 0 Å². The molecule has 1 aliphatic heterocycles. The SMILES string of the molecule is CC1CCCCC1CN1CCCC(N)C1. The van der Waals surface area contributed by atoms with Gasteiger partial charge >= 0.3 is 0 Å². The number of nitrogens with zero attached hydrogens (tertiary/aromatic N) is 1. The Morgan fingerprint density at radius 3 is 2.67 bits per heavy atom. The Bertz CT molecular complexity index is 193. The van der Waals surface area contributed by atoms with E-state index in [1.165, 1.54) is 51.6 Å². The Labute approximate surface area is 94.2 Å². The molecule has 2 N–H and O–H groups in total. The molecule has 2 heteroatoms. The fraction of sp³-hybridized carbons (Fsp3) is 1.00. The summed E-state index contributed by atoms with van der Waals surface area (Å²) in [7, 11) is 0. The van der Waals surface area contributed by atoms with E-state index in [1.54, 1.807) is 0 Å². The zero-order valence-corrected chi connectivity index (χ0v) is 10.1. The zero-order chi connectivity index (χ0) is 10.7. The molecule has 0 radical (unpaired) electrons. The lowest BCUT2D eigenvalue weighted by atomic mass is 9.80. The number of piperidine rings is 1. The maximum absolute atomic E-state index is 6.02. The minimum atomic E-state index is 0.442. The van der Waals surface area contributed by atoms with Crippen LogP contribution in [0.4, 0.5) is 0 Å². The van der Waals surface area contributed by atoms with Gasteiger partial charge in [-0.15, -0.1) is 0 Å². The van der Waals surface area contributed by atoms with Gasteiger partial charge in [0.2, 0.25) is 0 Å². The highest BCUT2D eigenvalue weighted by Crippen LogP contribution is 2.30. The molecule has 0 aromatic rings. The normalized spacial score (nSPS) is 39.2. The highest BCUT2D eigenvalue weighted by atomic mass is 15.1. The molecule has 2 rings (SSSR count). The molecule has 2 aliphatic rings. The van der Waals surface area contributed by atoms with E-state index in [-0.39, 0.29) is 0 Å². The van der Waals surface area contributed by atoms with Gasteiger partial charge in [-0.25, -0.2) is 0 Å². The summed E-state index contributed by atoms with van der Waals surface area (Å²) in [5.41, 5.74) is 6.02. The Kier molecular flexibility index (Phi) is 4.04. The van der Waals surface area contributed by atoms with Crippen molar-refractivity contribution in [3.05, 3.63) is 0 Å². The second kappa shape index (κ2) is 5.31. The second-order valence-corrected chi connectivity index (χ2v) is 5.68. The molecule has 1 heterocycles. The van der Waals surface area contributed by atoms with Crippen LogP contribution in [0.15, 0.2) is 0 Å². The first-order valence-corrected chi connectivity index (χ1v) is 6.73. The summed E-state index contributed by atoms with van der Waals surface area (Å²) in [6, 6.07) is 0.442. The molecule has 0 spiro atoms. The number of nitrogens with two attached hydrogens (primary N) is 1. The monoisotopic (exact) mass is 210 g/mol. The molecule has 2 fully saturated rings. The second-order valence-electron chi connectivity index (χ2n) is 5.68. The third-order valence-electron chi connectivity index (χ3n) is 4.32. The van der Waals surface area contributed by atoms with Crippen molar-refractivity contribution in [2.24, 2.45) is 17.6 Å². The van der Waals surface area contributed by atoms with Crippen LogP contribution in [0.25, 0.3) is 0 Å². The van der Waals surface area contributed by atoms with Gasteiger partial charge in [0.25, 0.3) is 0 Å². The smallest absolute Gasteiger partial charge is 0.0168 e. The Balaban J connectivity index is 1.79. The molecule has 1 aliphatic carbocycles. The number of hydrogen-bond donors (Lipinski definition) is 1. The molecule has 88 valence electrons. The van der Waals surface area contributed by atoms with Crippen LogP contribution in [0.5, 0.6) is 0 Å². The lowest BCUT2D eigenvalue weighted by Crippen LogP contribution is -2.45. The maximum atomic E-state index is 6.02. The van der Waals surface area contributed by atoms with E-state index in [1.807, 2.05) is 0 Å². The zero-order valence-electron chi connectivity index (χ0n) is 10.1. The molecule has 2 nitrogen and oxygen atoms in total. The first kappa shape index (κ1) is 11.4. The van der Waals surface area contributed by atoms with Crippen LogP contribution in [0, 0.1) is 11.8 Å². The molecule has 0 aromatic carbocycles. The van der Waals surface area contributed by atoms with E-state index in [0.29, 0.717) is 6.04 Å². The minimum Gasteiger partial charge on any atom is -0.327 e. The predicted octanol–water partition coefficient (Wildman–Crippen LogP) is 2.24. The molecule has 15 heavy (non-hydrogen) atoms. The largest absolute Gasteiger partial charge is 0.327 e. The Morgan fingerprint density at radius 1 is 1.13 bits per heavy atom. The van der Waals surface area contributed by atoms with E-state index in [2.05, 4.69) is 11.8 Å². The summed E-state index contributed by atoms with van der Waals surface area (Å²) in [5, 5.41) is 0. The van der Waals surface area contributed by atoms with E-state index in [4.69, 9.17) is 5.73 Å². The van der Waals surface area contributed by atoms with Gasteiger partial charge in [-0.3, -0.25) is 0 Å². The average Bonchev–Trinajstić information content (AvgIpc) is 2.22. The lowest BCUT2D eigenvalue weighted by molar-refractivity contribution is 0.133. The number of rotatable bonds is 2. The van der Waals surface area contributed by atoms with Crippen molar-refractivity contribution in [2.45, 2.75) is 51.5 Å². The highest BCUT2D eigenvalue weighted by Gasteiger charge is 2.25. The molecule has 0 amide bonds. The summed E-state index contributed by atoms with van der Waals surface area (Å²) in [6.45, 7) is 6.18. The van der Waals surface area contributed by atoms with E-state index in [0.717, 1.165) is 18.4 Å². The van der Waals surface area contributed by atoms with Crippen molar-refractivity contribution in [1.29, 1.82) is 0 Å². The summed E-state index contributed by atoms with van der Waals surface area (Å²) in [4.78, 5) is 2.61. The highest BCUT2D eigenvalue weighted by molar-refractivity contribution is 4.80. The minimum absolute atomic E-state index is 0.442. The van der Waals surface area contributed by atoms with Gasteiger partial charge < -0.3 is 10.6 Å². The predicted molar refractivity (Wildman–Crippen MR) is 64.8 cm³/mol. The van der Waals surface area contributed by atoms with Gasteiger partial charge in [-0.1, -0.05) is 26.2 Å². The van der Waals surface area contributed by atoms with Crippen molar-refractivity contribution in [1.82, 2.24) is 4.90 Å². The van der Waals surface area contributed by atoms with Gasteiger partial charge in [0.15, 0.2) is 0 Å². The molecule has 3 atom stereocenters. The van der Waals surface area contributed by atoms with Crippen LogP contribution in [-0.2, 0) is 0 Å². The van der Waals surface area contributed by atoms with E-state index >= 15 is 0 Å². The maximum Gasteiger partial charge on any atom is 0.0168 e. The van der Waals surface area contributed by atoms with Gasteiger partial charge in [0, 0.05) is 19.1 Å². The number of likely N-dealkylation sites (tertiary alicyclic amines) is 1. The van der Waals surface area contributed by atoms with E-state index < -0.39 is 0 Å². The van der Waals surface area contributed by atoms with Crippen molar-refractivity contribution >= 4 is 0 Å². The molecule has 3 unspecified atom stereocenters. The van der Waals surface area contributed by atoms with Crippen LogP contribution < -0.4 is 5.73 Å².